The van der Waals surface area contributed by atoms with E-state index in [1.54, 1.807) is 42.5 Å². The lowest BCUT2D eigenvalue weighted by Gasteiger charge is -2.13. The van der Waals surface area contributed by atoms with Crippen molar-refractivity contribution in [1.29, 1.82) is 0 Å². The zero-order chi connectivity index (χ0) is 17.8. The molecule has 1 heterocycles. The quantitative estimate of drug-likeness (QED) is 0.741. The third-order valence-electron chi connectivity index (χ3n) is 3.69. The van der Waals surface area contributed by atoms with Crippen LogP contribution in [-0.2, 0) is 4.79 Å². The molecule has 0 fully saturated rings. The number of rotatable bonds is 5. The Bertz CT molecular complexity index is 877. The molecule has 1 unspecified atom stereocenters. The number of hydrogen-bond acceptors (Lipinski definition) is 4. The van der Waals surface area contributed by atoms with E-state index in [-0.39, 0.29) is 5.69 Å². The van der Waals surface area contributed by atoms with Crippen LogP contribution in [0.15, 0.2) is 65.3 Å². The number of aliphatic hydroxyl groups is 1. The number of amides is 1. The minimum atomic E-state index is -1.46. The Kier molecular flexibility index (Phi) is 4.81. The third kappa shape index (κ3) is 3.70. The van der Waals surface area contributed by atoms with E-state index in [2.05, 4.69) is 5.32 Å². The lowest BCUT2D eigenvalue weighted by Crippen LogP contribution is -2.21. The van der Waals surface area contributed by atoms with Gasteiger partial charge in [0, 0.05) is 5.56 Å². The molecule has 1 amide bonds. The van der Waals surface area contributed by atoms with Crippen LogP contribution in [0, 0.1) is 5.82 Å². The zero-order valence-corrected chi connectivity index (χ0v) is 13.4. The highest BCUT2D eigenvalue weighted by Crippen LogP contribution is 2.27. The number of methoxy groups -OCH3 is 1. The normalized spacial score (nSPS) is 11.8. The SMILES string of the molecule is COc1cccc(C(O)C(=O)Nc2cc(-c3ccco3)ccc2F)c1. The summed E-state index contributed by atoms with van der Waals surface area (Å²) in [5.74, 6) is -0.301. The second kappa shape index (κ2) is 7.19. The predicted octanol–water partition coefficient (Wildman–Crippen LogP) is 3.77. The monoisotopic (exact) mass is 341 g/mol. The number of aliphatic hydroxyl groups excluding tert-OH is 1. The minimum absolute atomic E-state index is 0.0409. The summed E-state index contributed by atoms with van der Waals surface area (Å²) in [6.45, 7) is 0. The number of carbonyl (C=O) groups excluding carboxylic acids is 1. The van der Waals surface area contributed by atoms with Crippen molar-refractivity contribution < 1.29 is 23.4 Å². The number of nitrogens with one attached hydrogen (secondary N) is 1. The standard InChI is InChI=1S/C19H16FNO4/c1-24-14-5-2-4-13(10-14)18(22)19(23)21-16-11-12(7-8-15(16)20)17-6-3-9-25-17/h2-11,18,22H,1H3,(H,21,23). The number of halogens is 1. The van der Waals surface area contributed by atoms with Crippen molar-refractivity contribution in [3.8, 4) is 17.1 Å². The molecule has 0 aliphatic rings. The number of carbonyl (C=O) groups is 1. The fraction of sp³-hybridized carbons (Fsp3) is 0.105. The van der Waals surface area contributed by atoms with E-state index in [0.29, 0.717) is 22.6 Å². The Labute approximate surface area is 143 Å². The summed E-state index contributed by atoms with van der Waals surface area (Å²) < 4.78 is 24.3. The Morgan fingerprint density at radius 3 is 2.76 bits per heavy atom. The van der Waals surface area contributed by atoms with Crippen molar-refractivity contribution in [2.45, 2.75) is 6.10 Å². The van der Waals surface area contributed by atoms with E-state index in [9.17, 15) is 14.3 Å². The highest BCUT2D eigenvalue weighted by Gasteiger charge is 2.19. The van der Waals surface area contributed by atoms with Crippen molar-refractivity contribution in [3.05, 3.63) is 72.2 Å². The maximum absolute atomic E-state index is 14.0. The number of anilines is 1. The maximum Gasteiger partial charge on any atom is 0.257 e. The molecule has 25 heavy (non-hydrogen) atoms. The first-order chi connectivity index (χ1) is 12.1. The van der Waals surface area contributed by atoms with Crippen LogP contribution in [-0.4, -0.2) is 18.1 Å². The van der Waals surface area contributed by atoms with Crippen molar-refractivity contribution in [1.82, 2.24) is 0 Å². The van der Waals surface area contributed by atoms with E-state index < -0.39 is 17.8 Å². The minimum Gasteiger partial charge on any atom is -0.497 e. The molecule has 0 saturated heterocycles. The highest BCUT2D eigenvalue weighted by atomic mass is 19.1. The van der Waals surface area contributed by atoms with Gasteiger partial charge in [0.25, 0.3) is 5.91 Å². The summed E-state index contributed by atoms with van der Waals surface area (Å²) >= 11 is 0. The number of furan rings is 1. The van der Waals surface area contributed by atoms with Crippen LogP contribution < -0.4 is 10.1 Å². The fourth-order valence-electron chi connectivity index (χ4n) is 2.38. The van der Waals surface area contributed by atoms with Crippen molar-refractivity contribution in [2.24, 2.45) is 0 Å². The van der Waals surface area contributed by atoms with E-state index in [1.807, 2.05) is 0 Å². The molecule has 6 heteroatoms. The van der Waals surface area contributed by atoms with Gasteiger partial charge in [-0.1, -0.05) is 12.1 Å². The first-order valence-electron chi connectivity index (χ1n) is 7.55. The lowest BCUT2D eigenvalue weighted by molar-refractivity contribution is -0.124. The highest BCUT2D eigenvalue weighted by molar-refractivity contribution is 5.95. The van der Waals surface area contributed by atoms with Gasteiger partial charge in [-0.15, -0.1) is 0 Å². The van der Waals surface area contributed by atoms with Crippen LogP contribution in [0.3, 0.4) is 0 Å². The molecule has 0 aliphatic carbocycles. The first kappa shape index (κ1) is 16.7. The van der Waals surface area contributed by atoms with Crippen LogP contribution in [0.2, 0.25) is 0 Å². The van der Waals surface area contributed by atoms with Gasteiger partial charge >= 0.3 is 0 Å². The molecule has 0 spiro atoms. The second-order valence-electron chi connectivity index (χ2n) is 5.34. The van der Waals surface area contributed by atoms with Crippen molar-refractivity contribution in [3.63, 3.8) is 0 Å². The van der Waals surface area contributed by atoms with Gasteiger partial charge in [0.2, 0.25) is 0 Å². The average Bonchev–Trinajstić information content (AvgIpc) is 3.17. The molecular weight excluding hydrogens is 325 g/mol. The summed E-state index contributed by atoms with van der Waals surface area (Å²) in [5, 5.41) is 12.6. The van der Waals surface area contributed by atoms with Crippen LogP contribution in [0.25, 0.3) is 11.3 Å². The smallest absolute Gasteiger partial charge is 0.257 e. The Morgan fingerprint density at radius 2 is 2.04 bits per heavy atom. The fourth-order valence-corrected chi connectivity index (χ4v) is 2.38. The molecule has 2 N–H and O–H groups in total. The molecule has 1 aromatic heterocycles. The molecule has 1 atom stereocenters. The number of benzene rings is 2. The van der Waals surface area contributed by atoms with Gasteiger partial charge in [-0.2, -0.15) is 0 Å². The largest absolute Gasteiger partial charge is 0.497 e. The second-order valence-corrected chi connectivity index (χ2v) is 5.34. The summed E-state index contributed by atoms with van der Waals surface area (Å²) in [7, 11) is 1.49. The van der Waals surface area contributed by atoms with E-state index in [0.717, 1.165) is 0 Å². The van der Waals surface area contributed by atoms with Gasteiger partial charge in [-0.3, -0.25) is 4.79 Å². The summed E-state index contributed by atoms with van der Waals surface area (Å²) in [6, 6.07) is 14.1. The van der Waals surface area contributed by atoms with Gasteiger partial charge in [-0.25, -0.2) is 4.39 Å². The average molecular weight is 341 g/mol. The Balaban J connectivity index is 1.81. The molecule has 2 aromatic carbocycles. The third-order valence-corrected chi connectivity index (χ3v) is 3.69. The summed E-state index contributed by atoms with van der Waals surface area (Å²) in [4.78, 5) is 12.3. The van der Waals surface area contributed by atoms with Crippen molar-refractivity contribution in [2.75, 3.05) is 12.4 Å². The van der Waals surface area contributed by atoms with Crippen LogP contribution >= 0.6 is 0 Å². The molecular formula is C19H16FNO4. The molecule has 0 bridgehead atoms. The van der Waals surface area contributed by atoms with Crippen LogP contribution in [0.4, 0.5) is 10.1 Å². The van der Waals surface area contributed by atoms with Crippen molar-refractivity contribution >= 4 is 11.6 Å². The van der Waals surface area contributed by atoms with E-state index in [4.69, 9.17) is 9.15 Å². The molecule has 0 radical (unpaired) electrons. The number of hydrogen-bond donors (Lipinski definition) is 2. The first-order valence-corrected chi connectivity index (χ1v) is 7.55. The Morgan fingerprint density at radius 1 is 1.20 bits per heavy atom. The van der Waals surface area contributed by atoms with Gasteiger partial charge in [0.1, 0.15) is 17.3 Å². The van der Waals surface area contributed by atoms with Gasteiger partial charge in [-0.05, 0) is 48.0 Å². The van der Waals surface area contributed by atoms with Gasteiger partial charge in [0.15, 0.2) is 6.10 Å². The van der Waals surface area contributed by atoms with E-state index >= 15 is 0 Å². The molecule has 5 nitrogen and oxygen atoms in total. The van der Waals surface area contributed by atoms with Gasteiger partial charge < -0.3 is 19.6 Å². The lowest BCUT2D eigenvalue weighted by atomic mass is 10.1. The topological polar surface area (TPSA) is 71.7 Å². The molecule has 3 aromatic rings. The summed E-state index contributed by atoms with van der Waals surface area (Å²) in [5.41, 5.74) is 0.915. The molecule has 3 rings (SSSR count). The zero-order valence-electron chi connectivity index (χ0n) is 13.4. The van der Waals surface area contributed by atoms with E-state index in [1.165, 1.54) is 25.5 Å². The van der Waals surface area contributed by atoms with Crippen LogP contribution in [0.5, 0.6) is 5.75 Å². The van der Waals surface area contributed by atoms with Crippen LogP contribution in [0.1, 0.15) is 11.7 Å². The molecule has 0 aliphatic heterocycles. The molecule has 0 saturated carbocycles. The number of ether oxygens (including phenoxy) is 1. The summed E-state index contributed by atoms with van der Waals surface area (Å²) in [6.07, 6.45) is 0.0468. The Hall–Kier alpha value is -3.12. The molecule has 128 valence electrons. The predicted molar refractivity (Wildman–Crippen MR) is 90.7 cm³/mol. The maximum atomic E-state index is 14.0. The van der Waals surface area contributed by atoms with Gasteiger partial charge in [0.05, 0.1) is 19.1 Å².